The van der Waals surface area contributed by atoms with Gasteiger partial charge in [-0.3, -0.25) is 4.90 Å². The molecule has 12 nitrogen and oxygen atoms in total. The summed E-state index contributed by atoms with van der Waals surface area (Å²) < 4.78 is 36.6. The maximum absolute atomic E-state index is 14.7. The fourth-order valence-corrected chi connectivity index (χ4v) is 7.35. The lowest BCUT2D eigenvalue weighted by atomic mass is 9.96. The standard InChI is InChI=1S/C38H50FN5O7S/c1-8-23-18-32(45)27(39)19-26(23)24-12-13-25-29(17-24)44(33-11-9-10-14-50-33)41-34(25)35-40-28-20-30(36(46)47)42(37(48)51-38(2,3)4)21-31(28)43(35)22-49-15-16-52(5,6)7/h12-13,17-19,30,33,45H,8-11,14-16,20-22H2,1-7H3,(H,46,47)/t30-,33?/m0/s1. The van der Waals surface area contributed by atoms with Gasteiger partial charge in [-0.25, -0.2) is 33.7 Å². The fourth-order valence-electron chi connectivity index (χ4n) is 6.73. The molecular weight excluding hydrogens is 690 g/mol. The second-order valence-electron chi connectivity index (χ2n) is 15.4. The van der Waals surface area contributed by atoms with Crippen LogP contribution in [0.4, 0.5) is 9.18 Å². The number of rotatable bonds is 10. The normalized spacial score (nSPS) is 18.4. The van der Waals surface area contributed by atoms with Gasteiger partial charge in [-0.15, -0.1) is 0 Å². The minimum atomic E-state index is -1.17. The monoisotopic (exact) mass is 739 g/mol. The summed E-state index contributed by atoms with van der Waals surface area (Å²) in [6, 6.07) is 7.47. The molecule has 1 saturated heterocycles. The smallest absolute Gasteiger partial charge is 0.411 e. The van der Waals surface area contributed by atoms with Gasteiger partial charge < -0.3 is 29.0 Å². The van der Waals surface area contributed by atoms with Crippen LogP contribution in [0.1, 0.15) is 70.1 Å². The summed E-state index contributed by atoms with van der Waals surface area (Å²) in [6.45, 7) is 8.37. The number of phenols is 1. The van der Waals surface area contributed by atoms with Crippen molar-refractivity contribution in [3.63, 3.8) is 0 Å². The van der Waals surface area contributed by atoms with Gasteiger partial charge in [0.2, 0.25) is 0 Å². The van der Waals surface area contributed by atoms with Crippen molar-refractivity contribution in [3.05, 3.63) is 53.1 Å². The number of carbonyl (C=O) groups is 2. The van der Waals surface area contributed by atoms with E-state index in [4.69, 9.17) is 24.3 Å². The zero-order chi connectivity index (χ0) is 37.5. The molecule has 1 amide bonds. The molecule has 0 bridgehead atoms. The highest BCUT2D eigenvalue weighted by atomic mass is 32.3. The van der Waals surface area contributed by atoms with Crippen molar-refractivity contribution in [2.75, 3.05) is 37.7 Å². The van der Waals surface area contributed by atoms with Crippen molar-refractivity contribution < 1.29 is 38.4 Å². The molecule has 1 unspecified atom stereocenters. The van der Waals surface area contributed by atoms with Gasteiger partial charge in [-0.05, 0) is 106 Å². The predicted molar refractivity (Wildman–Crippen MR) is 199 cm³/mol. The zero-order valence-corrected chi connectivity index (χ0v) is 31.9. The minimum absolute atomic E-state index is 0.0171. The number of amides is 1. The molecule has 0 spiro atoms. The van der Waals surface area contributed by atoms with Gasteiger partial charge in [0, 0.05) is 24.2 Å². The first-order chi connectivity index (χ1) is 24.5. The third-order valence-electron chi connectivity index (χ3n) is 9.42. The highest BCUT2D eigenvalue weighted by Crippen LogP contribution is 2.39. The van der Waals surface area contributed by atoms with Crippen LogP contribution < -0.4 is 0 Å². The summed E-state index contributed by atoms with van der Waals surface area (Å²) in [7, 11) is -0.826. The van der Waals surface area contributed by atoms with E-state index < -0.39 is 39.6 Å². The van der Waals surface area contributed by atoms with Gasteiger partial charge in [0.1, 0.15) is 24.1 Å². The molecule has 2 aliphatic rings. The fraction of sp³-hybridized carbons (Fsp3) is 0.526. The van der Waals surface area contributed by atoms with E-state index >= 15 is 0 Å². The van der Waals surface area contributed by atoms with Gasteiger partial charge in [-0.2, -0.15) is 5.10 Å². The molecule has 2 N–H and O–H groups in total. The Morgan fingerprint density at radius 1 is 1.13 bits per heavy atom. The number of imidazole rings is 1. The van der Waals surface area contributed by atoms with Crippen LogP contribution in [0.3, 0.4) is 0 Å². The zero-order valence-electron chi connectivity index (χ0n) is 31.1. The molecule has 0 radical (unpaired) electrons. The number of aromatic nitrogens is 4. The second kappa shape index (κ2) is 14.7. The number of nitrogens with zero attached hydrogens (tertiary/aromatic N) is 5. The third kappa shape index (κ3) is 7.93. The summed E-state index contributed by atoms with van der Waals surface area (Å²) in [6.07, 6.45) is 8.86. The number of hydrogen-bond donors (Lipinski definition) is 2. The van der Waals surface area contributed by atoms with E-state index in [-0.39, 0.29) is 31.7 Å². The Balaban J connectivity index is 1.51. The van der Waals surface area contributed by atoms with Crippen LogP contribution in [-0.4, -0.2) is 95.9 Å². The maximum Gasteiger partial charge on any atom is 0.411 e. The molecule has 6 rings (SSSR count). The lowest BCUT2D eigenvalue weighted by Gasteiger charge is -2.34. The second-order valence-corrected chi connectivity index (χ2v) is 20.0. The van der Waals surface area contributed by atoms with E-state index in [1.807, 2.05) is 34.4 Å². The molecule has 14 heteroatoms. The summed E-state index contributed by atoms with van der Waals surface area (Å²) in [5.41, 5.74) is 3.94. The Kier molecular flexibility index (Phi) is 10.6. The number of halogens is 1. The van der Waals surface area contributed by atoms with E-state index in [0.717, 1.165) is 47.0 Å². The molecule has 2 aromatic heterocycles. The van der Waals surface area contributed by atoms with Crippen LogP contribution in [-0.2, 0) is 45.1 Å². The molecule has 2 atom stereocenters. The van der Waals surface area contributed by atoms with Gasteiger partial charge >= 0.3 is 12.1 Å². The SMILES string of the molecule is CCc1cc(O)c(F)cc1-c1ccc2c(-c3nc4c(n3COCCS(C)(C)C)CN(C(=O)OC(C)(C)C)[C@H](C(=O)O)C4)nn(C3CCCCO3)c2c1. The summed E-state index contributed by atoms with van der Waals surface area (Å²) in [5, 5.41) is 26.2. The lowest BCUT2D eigenvalue weighted by molar-refractivity contribution is -0.143. The molecule has 282 valence electrons. The highest BCUT2D eigenvalue weighted by molar-refractivity contribution is 8.32. The molecule has 2 aromatic carbocycles. The lowest BCUT2D eigenvalue weighted by Crippen LogP contribution is -2.50. The quantitative estimate of drug-likeness (QED) is 0.163. The van der Waals surface area contributed by atoms with Crippen molar-refractivity contribution in [1.82, 2.24) is 24.2 Å². The first-order valence-electron chi connectivity index (χ1n) is 17.7. The number of carbonyl (C=O) groups excluding carboxylic acids is 1. The average molecular weight is 740 g/mol. The summed E-state index contributed by atoms with van der Waals surface area (Å²) >= 11 is 0. The van der Waals surface area contributed by atoms with Crippen LogP contribution in [0.25, 0.3) is 33.5 Å². The van der Waals surface area contributed by atoms with Crippen LogP contribution in [0, 0.1) is 5.82 Å². The largest absolute Gasteiger partial charge is 0.505 e. The van der Waals surface area contributed by atoms with E-state index in [1.165, 1.54) is 17.0 Å². The topological polar surface area (TPSA) is 141 Å². The Hall–Kier alpha value is -4.14. The van der Waals surface area contributed by atoms with Crippen molar-refractivity contribution >= 4 is 33.0 Å². The van der Waals surface area contributed by atoms with E-state index in [9.17, 15) is 24.2 Å². The number of aromatic hydroxyl groups is 1. The molecule has 1 fully saturated rings. The van der Waals surface area contributed by atoms with E-state index in [1.54, 1.807) is 20.8 Å². The van der Waals surface area contributed by atoms with E-state index in [0.29, 0.717) is 48.1 Å². The Morgan fingerprint density at radius 3 is 2.56 bits per heavy atom. The molecule has 2 aliphatic heterocycles. The Bertz CT molecular complexity index is 1970. The van der Waals surface area contributed by atoms with Crippen LogP contribution in [0.15, 0.2) is 30.3 Å². The van der Waals surface area contributed by atoms with Crippen LogP contribution in [0.2, 0.25) is 0 Å². The van der Waals surface area contributed by atoms with E-state index in [2.05, 4.69) is 18.8 Å². The minimum Gasteiger partial charge on any atom is -0.505 e. The number of aryl methyl sites for hydroxylation is 1. The van der Waals surface area contributed by atoms with Crippen molar-refractivity contribution in [2.45, 2.75) is 90.9 Å². The van der Waals surface area contributed by atoms with Crippen molar-refractivity contribution in [3.8, 4) is 28.4 Å². The van der Waals surface area contributed by atoms with Crippen molar-refractivity contribution in [1.29, 1.82) is 0 Å². The van der Waals surface area contributed by atoms with Gasteiger partial charge in [-0.1, -0.05) is 13.0 Å². The first-order valence-corrected chi connectivity index (χ1v) is 20.8. The highest BCUT2D eigenvalue weighted by Gasteiger charge is 2.40. The number of ether oxygens (including phenoxy) is 3. The molecule has 4 aromatic rings. The maximum atomic E-state index is 14.7. The molecule has 4 heterocycles. The molecule has 0 aliphatic carbocycles. The first kappa shape index (κ1) is 37.6. The predicted octanol–water partition coefficient (Wildman–Crippen LogP) is 7.09. The van der Waals surface area contributed by atoms with Crippen LogP contribution in [0.5, 0.6) is 5.75 Å². The van der Waals surface area contributed by atoms with Gasteiger partial charge in [0.25, 0.3) is 0 Å². The number of carboxylic acids is 1. The number of aliphatic carboxylic acids is 1. The Morgan fingerprint density at radius 2 is 1.90 bits per heavy atom. The number of fused-ring (bicyclic) bond motifs is 2. The summed E-state index contributed by atoms with van der Waals surface area (Å²) in [5.74, 6) is -0.854. The average Bonchev–Trinajstić information content (AvgIpc) is 3.63. The molecule has 0 saturated carbocycles. The number of hydrogen-bond acceptors (Lipinski definition) is 8. The summed E-state index contributed by atoms with van der Waals surface area (Å²) in [4.78, 5) is 32.2. The molecular formula is C38H50FN5O7S. The molecule has 52 heavy (non-hydrogen) atoms. The number of phenolic OH excluding ortho intramolecular Hbond substituents is 1. The number of carboxylic acid groups (broad SMARTS) is 1. The van der Waals surface area contributed by atoms with Crippen LogP contribution >= 0.6 is 10.0 Å². The van der Waals surface area contributed by atoms with Crippen molar-refractivity contribution in [2.24, 2.45) is 0 Å². The van der Waals surface area contributed by atoms with Gasteiger partial charge in [0.05, 0.1) is 30.1 Å². The third-order valence-corrected chi connectivity index (χ3v) is 10.8. The number of benzene rings is 2. The van der Waals surface area contributed by atoms with Gasteiger partial charge in [0.15, 0.2) is 23.6 Å². The Labute approximate surface area is 305 Å².